The molecule has 252 valence electrons. The Bertz CT molecular complexity index is 1520. The summed E-state index contributed by atoms with van der Waals surface area (Å²) in [4.78, 5) is 22.0. The maximum atomic E-state index is 12.8. The number of rotatable bonds is 11. The van der Waals surface area contributed by atoms with Crippen LogP contribution in [-0.2, 0) is 17.8 Å². The molecule has 0 saturated carbocycles. The molecule has 0 unspecified atom stereocenters. The van der Waals surface area contributed by atoms with Gasteiger partial charge in [-0.25, -0.2) is 4.98 Å². The Morgan fingerprint density at radius 3 is 2.19 bits per heavy atom. The number of nitrogens with one attached hydrogen (secondary N) is 1. The molecule has 2 aliphatic rings. The molecule has 2 aliphatic heterocycles. The molecule has 2 fully saturated rings. The van der Waals surface area contributed by atoms with E-state index in [0.29, 0.717) is 30.5 Å². The first-order chi connectivity index (χ1) is 23.5. The van der Waals surface area contributed by atoms with Crippen LogP contribution in [0.15, 0.2) is 91.1 Å². The Balaban J connectivity index is 0.000000677. The van der Waals surface area contributed by atoms with Crippen molar-refractivity contribution in [1.29, 1.82) is 5.26 Å². The predicted octanol–water partition coefficient (Wildman–Crippen LogP) is 6.81. The van der Waals surface area contributed by atoms with Crippen LogP contribution in [0.5, 0.6) is 0 Å². The molecule has 0 aliphatic carbocycles. The molecule has 2 saturated heterocycles. The number of likely N-dealkylation sites (tertiary alicyclic amines) is 1. The largest absolute Gasteiger partial charge is 0.342 e. The predicted molar refractivity (Wildman–Crippen MR) is 194 cm³/mol. The van der Waals surface area contributed by atoms with Gasteiger partial charge in [-0.15, -0.1) is 0 Å². The van der Waals surface area contributed by atoms with Gasteiger partial charge in [-0.05, 0) is 87.0 Å². The van der Waals surface area contributed by atoms with E-state index < -0.39 is 0 Å². The zero-order chi connectivity index (χ0) is 33.6. The van der Waals surface area contributed by atoms with Gasteiger partial charge in [0, 0.05) is 63.9 Å². The van der Waals surface area contributed by atoms with Crippen molar-refractivity contribution in [2.24, 2.45) is 5.92 Å². The Labute approximate surface area is 287 Å². The van der Waals surface area contributed by atoms with E-state index in [4.69, 9.17) is 5.26 Å². The molecule has 1 aromatic heterocycles. The summed E-state index contributed by atoms with van der Waals surface area (Å²) < 4.78 is 2.22. The van der Waals surface area contributed by atoms with E-state index in [-0.39, 0.29) is 5.91 Å². The van der Waals surface area contributed by atoms with Crippen LogP contribution in [0, 0.1) is 24.2 Å². The van der Waals surface area contributed by atoms with Crippen LogP contribution in [0.25, 0.3) is 0 Å². The molecule has 48 heavy (non-hydrogen) atoms. The lowest BCUT2D eigenvalue weighted by Gasteiger charge is -2.37. The number of amides is 1. The van der Waals surface area contributed by atoms with Crippen LogP contribution in [-0.4, -0.2) is 71.1 Å². The second kappa shape index (κ2) is 18.3. The van der Waals surface area contributed by atoms with Gasteiger partial charge in [0.15, 0.2) is 0 Å². The van der Waals surface area contributed by atoms with Gasteiger partial charge in [-0.3, -0.25) is 4.79 Å². The molecule has 3 aromatic carbocycles. The van der Waals surface area contributed by atoms with E-state index in [2.05, 4.69) is 86.5 Å². The number of benzene rings is 3. The average molecular weight is 645 g/mol. The third-order valence-electron chi connectivity index (χ3n) is 9.78. The molecule has 1 N–H and O–H groups in total. The van der Waals surface area contributed by atoms with E-state index in [0.717, 1.165) is 62.5 Å². The summed E-state index contributed by atoms with van der Waals surface area (Å²) in [7, 11) is 0. The zero-order valence-corrected chi connectivity index (χ0v) is 28.9. The van der Waals surface area contributed by atoms with Crippen LogP contribution in [0.4, 0.5) is 0 Å². The van der Waals surface area contributed by atoms with Gasteiger partial charge in [0.2, 0.25) is 5.91 Å². The smallest absolute Gasteiger partial charge is 0.219 e. The second-order valence-electron chi connectivity index (χ2n) is 13.4. The highest BCUT2D eigenvalue weighted by Gasteiger charge is 2.26. The summed E-state index contributed by atoms with van der Waals surface area (Å²) in [6, 6.07) is 31.5. The lowest BCUT2D eigenvalue weighted by molar-refractivity contribution is -0.129. The van der Waals surface area contributed by atoms with Crippen LogP contribution in [0.3, 0.4) is 0 Å². The second-order valence-corrected chi connectivity index (χ2v) is 13.4. The monoisotopic (exact) mass is 644 g/mol. The molecular formula is C41H52N6O. The van der Waals surface area contributed by atoms with Crippen molar-refractivity contribution < 1.29 is 4.79 Å². The molecule has 0 bridgehead atoms. The average Bonchev–Trinajstić information content (AvgIpc) is 3.49. The molecular weight excluding hydrogens is 592 g/mol. The summed E-state index contributed by atoms with van der Waals surface area (Å²) in [5, 5.41) is 12.4. The van der Waals surface area contributed by atoms with Gasteiger partial charge in [0.25, 0.3) is 0 Å². The van der Waals surface area contributed by atoms with Gasteiger partial charge in [0.05, 0.1) is 11.6 Å². The SMILES string of the molecule is C1CCNCC1.CC(=O)N(CCc1cnc(C)n1Cc1ccc(C#N)cc1)C[C@H]1CCCN(CC(c2ccccc2)c2ccccc2)C1. The first-order valence-electron chi connectivity index (χ1n) is 17.8. The Morgan fingerprint density at radius 1 is 0.958 bits per heavy atom. The van der Waals surface area contributed by atoms with E-state index in [1.54, 1.807) is 6.92 Å². The van der Waals surface area contributed by atoms with Crippen molar-refractivity contribution in [3.63, 3.8) is 0 Å². The fourth-order valence-corrected chi connectivity index (χ4v) is 7.04. The van der Waals surface area contributed by atoms with Gasteiger partial charge >= 0.3 is 0 Å². The normalized spacial score (nSPS) is 16.5. The quantitative estimate of drug-likeness (QED) is 0.194. The first kappa shape index (κ1) is 35.1. The number of hydrogen-bond acceptors (Lipinski definition) is 5. The Hall–Kier alpha value is -4.25. The van der Waals surface area contributed by atoms with Crippen LogP contribution in [0.2, 0.25) is 0 Å². The van der Waals surface area contributed by atoms with Crippen molar-refractivity contribution in [2.75, 3.05) is 45.8 Å². The highest BCUT2D eigenvalue weighted by molar-refractivity contribution is 5.73. The molecule has 0 spiro atoms. The summed E-state index contributed by atoms with van der Waals surface area (Å²) in [5.74, 6) is 1.88. The maximum absolute atomic E-state index is 12.8. The maximum Gasteiger partial charge on any atom is 0.219 e. The van der Waals surface area contributed by atoms with Crippen molar-refractivity contribution in [2.45, 2.75) is 64.8 Å². The van der Waals surface area contributed by atoms with Gasteiger partial charge < -0.3 is 19.7 Å². The molecule has 6 rings (SSSR count). The number of piperidine rings is 2. The molecule has 4 aromatic rings. The molecule has 7 heteroatoms. The number of nitriles is 1. The molecule has 0 radical (unpaired) electrons. The van der Waals surface area contributed by atoms with E-state index in [9.17, 15) is 4.79 Å². The molecule has 3 heterocycles. The number of imidazole rings is 1. The van der Waals surface area contributed by atoms with Crippen molar-refractivity contribution >= 4 is 5.91 Å². The number of aromatic nitrogens is 2. The van der Waals surface area contributed by atoms with Crippen molar-refractivity contribution in [3.05, 3.63) is 125 Å². The summed E-state index contributed by atoms with van der Waals surface area (Å²) in [6.45, 7) is 11.5. The number of nitrogens with zero attached hydrogens (tertiary/aromatic N) is 5. The van der Waals surface area contributed by atoms with E-state index >= 15 is 0 Å². The topological polar surface area (TPSA) is 77.2 Å². The number of aryl methyl sites for hydroxylation is 1. The minimum atomic E-state index is 0.133. The highest BCUT2D eigenvalue weighted by atomic mass is 16.2. The molecule has 1 amide bonds. The fourth-order valence-electron chi connectivity index (χ4n) is 7.04. The summed E-state index contributed by atoms with van der Waals surface area (Å²) in [6.07, 6.45) is 9.22. The van der Waals surface area contributed by atoms with Gasteiger partial charge in [0.1, 0.15) is 5.82 Å². The van der Waals surface area contributed by atoms with Gasteiger partial charge in [-0.2, -0.15) is 5.26 Å². The zero-order valence-electron chi connectivity index (χ0n) is 28.9. The van der Waals surface area contributed by atoms with Crippen LogP contribution in [0.1, 0.15) is 78.7 Å². The standard InChI is InChI=1S/C36H41N5O.C5H11N/c1-28-38-23-35(41(28)26-31-17-15-30(22-37)16-18-31)19-21-40(29(2)42)25-32-10-9-20-39(24-32)27-36(33-11-5-3-6-12-33)34-13-7-4-8-14-34;1-2-4-6-5-3-1/h3-8,11-18,23,32,36H,9-10,19-21,24-27H2,1-2H3;6H,1-5H2/t32-;/m0./s1. The first-order valence-corrected chi connectivity index (χ1v) is 17.8. The minimum Gasteiger partial charge on any atom is -0.342 e. The number of hydrogen-bond donors (Lipinski definition) is 1. The van der Waals surface area contributed by atoms with Crippen LogP contribution >= 0.6 is 0 Å². The fraction of sp³-hybridized carbons (Fsp3) is 0.439. The number of carbonyl (C=O) groups is 1. The Morgan fingerprint density at radius 2 is 1.62 bits per heavy atom. The third-order valence-corrected chi connectivity index (χ3v) is 9.78. The summed E-state index contributed by atoms with van der Waals surface area (Å²) >= 11 is 0. The molecule has 1 atom stereocenters. The van der Waals surface area contributed by atoms with Gasteiger partial charge in [-0.1, -0.05) is 79.2 Å². The lowest BCUT2D eigenvalue weighted by Crippen LogP contribution is -2.44. The molecule has 7 nitrogen and oxygen atoms in total. The van der Waals surface area contributed by atoms with E-state index in [1.807, 2.05) is 42.3 Å². The highest BCUT2D eigenvalue weighted by Crippen LogP contribution is 2.28. The minimum absolute atomic E-state index is 0.133. The lowest BCUT2D eigenvalue weighted by atomic mass is 9.89. The van der Waals surface area contributed by atoms with Crippen LogP contribution < -0.4 is 5.32 Å². The van der Waals surface area contributed by atoms with Crippen molar-refractivity contribution in [1.82, 2.24) is 24.7 Å². The summed E-state index contributed by atoms with van der Waals surface area (Å²) in [5.41, 5.74) is 5.62. The third kappa shape index (κ3) is 10.4. The Kier molecular flexibility index (Phi) is 13.4. The van der Waals surface area contributed by atoms with E-state index in [1.165, 1.54) is 43.5 Å². The number of carbonyl (C=O) groups excluding carboxylic acids is 1. The van der Waals surface area contributed by atoms with Crippen molar-refractivity contribution in [3.8, 4) is 6.07 Å².